The van der Waals surface area contributed by atoms with Crippen LogP contribution in [0.3, 0.4) is 0 Å². The minimum absolute atomic E-state index is 0.486. The third-order valence-corrected chi connectivity index (χ3v) is 4.71. The summed E-state index contributed by atoms with van der Waals surface area (Å²) in [4.78, 5) is 7.81. The Morgan fingerprint density at radius 3 is 1.90 bits per heavy atom. The van der Waals surface area contributed by atoms with Crippen molar-refractivity contribution < 1.29 is 4.42 Å². The highest BCUT2D eigenvalue weighted by atomic mass is 16.4. The predicted octanol–water partition coefficient (Wildman–Crippen LogP) is 6.08. The monoisotopic (exact) mass is 392 g/mol. The molecule has 0 unspecified atom stereocenters. The molecule has 0 saturated heterocycles. The number of allylic oxidation sites excluding steroid dienone is 3. The first kappa shape index (κ1) is 19.2. The van der Waals surface area contributed by atoms with Gasteiger partial charge in [-0.05, 0) is 78.4 Å². The molecule has 0 amide bonds. The fourth-order valence-electron chi connectivity index (χ4n) is 3.10. The van der Waals surface area contributed by atoms with Crippen LogP contribution in [-0.2, 0) is 0 Å². The molecule has 146 valence electrons. The summed E-state index contributed by atoms with van der Waals surface area (Å²) in [6, 6.07) is 20.0. The van der Waals surface area contributed by atoms with Gasteiger partial charge in [0.05, 0.1) is 0 Å². The fourth-order valence-corrected chi connectivity index (χ4v) is 3.10. The molecule has 2 aromatic heterocycles. The third-order valence-electron chi connectivity index (χ3n) is 4.71. The maximum Gasteiger partial charge on any atom is 0.248 e. The molecule has 5 heteroatoms. The lowest BCUT2D eigenvalue weighted by atomic mass is 10.0. The molecule has 4 rings (SSSR count). The van der Waals surface area contributed by atoms with Gasteiger partial charge >= 0.3 is 0 Å². The summed E-state index contributed by atoms with van der Waals surface area (Å²) in [6.45, 7) is 5.45. The molecule has 0 N–H and O–H groups in total. The van der Waals surface area contributed by atoms with Crippen molar-refractivity contribution in [2.45, 2.75) is 6.92 Å². The van der Waals surface area contributed by atoms with Crippen LogP contribution in [0.1, 0.15) is 12.5 Å². The number of rotatable bonds is 6. The van der Waals surface area contributed by atoms with E-state index in [0.29, 0.717) is 11.8 Å². The molecule has 0 fully saturated rings. The number of nitrogens with zero attached hydrogens (tertiary/aromatic N) is 4. The second-order valence-electron chi connectivity index (χ2n) is 6.55. The Morgan fingerprint density at radius 1 is 0.800 bits per heavy atom. The Hall–Kier alpha value is -4.12. The van der Waals surface area contributed by atoms with Gasteiger partial charge in [0.25, 0.3) is 0 Å². The summed E-state index contributed by atoms with van der Waals surface area (Å²) < 4.78 is 5.91. The molecule has 5 nitrogen and oxygen atoms in total. The van der Waals surface area contributed by atoms with E-state index < -0.39 is 0 Å². The van der Waals surface area contributed by atoms with Crippen molar-refractivity contribution in [2.24, 2.45) is 4.99 Å². The van der Waals surface area contributed by atoms with Gasteiger partial charge in [0.2, 0.25) is 11.8 Å². The molecule has 4 aromatic rings. The lowest BCUT2D eigenvalue weighted by Crippen LogP contribution is -1.83. The Labute approximate surface area is 175 Å². The average Bonchev–Trinajstić information content (AvgIpc) is 3.31. The quantitative estimate of drug-likeness (QED) is 0.294. The first-order valence-electron chi connectivity index (χ1n) is 9.52. The molecule has 0 bridgehead atoms. The summed E-state index contributed by atoms with van der Waals surface area (Å²) in [7, 11) is 0. The Morgan fingerprint density at radius 2 is 1.33 bits per heavy atom. The maximum absolute atomic E-state index is 5.91. The zero-order valence-electron chi connectivity index (χ0n) is 16.6. The average molecular weight is 392 g/mol. The molecule has 30 heavy (non-hydrogen) atoms. The second-order valence-corrected chi connectivity index (χ2v) is 6.55. The van der Waals surface area contributed by atoms with E-state index in [4.69, 9.17) is 4.42 Å². The van der Waals surface area contributed by atoms with E-state index in [1.165, 1.54) is 0 Å². The summed E-state index contributed by atoms with van der Waals surface area (Å²) >= 11 is 0. The fraction of sp³-hybridized carbons (Fsp3) is 0.0400. The third kappa shape index (κ3) is 4.15. The number of pyridine rings is 1. The Kier molecular flexibility index (Phi) is 5.71. The predicted molar refractivity (Wildman–Crippen MR) is 121 cm³/mol. The van der Waals surface area contributed by atoms with Crippen molar-refractivity contribution in [3.05, 3.63) is 97.0 Å². The zero-order valence-corrected chi connectivity index (χ0v) is 16.6. The maximum atomic E-state index is 5.91. The molecule has 2 heterocycles. The lowest BCUT2D eigenvalue weighted by Gasteiger charge is -2.03. The topological polar surface area (TPSA) is 64.2 Å². The summed E-state index contributed by atoms with van der Waals surface area (Å²) in [5.74, 6) is 0.976. The molecule has 0 spiro atoms. The smallest absolute Gasteiger partial charge is 0.248 e. The van der Waals surface area contributed by atoms with Gasteiger partial charge in [-0.15, -0.1) is 10.2 Å². The van der Waals surface area contributed by atoms with Gasteiger partial charge in [0, 0.05) is 29.7 Å². The normalized spacial score (nSPS) is 11.7. The summed E-state index contributed by atoms with van der Waals surface area (Å²) in [5.41, 5.74) is 6.11. The van der Waals surface area contributed by atoms with Crippen LogP contribution in [-0.4, -0.2) is 21.9 Å². The van der Waals surface area contributed by atoms with Gasteiger partial charge in [0.1, 0.15) is 0 Å². The van der Waals surface area contributed by atoms with Crippen molar-refractivity contribution in [3.63, 3.8) is 0 Å². The summed E-state index contributed by atoms with van der Waals surface area (Å²) in [5, 5.41) is 8.42. The van der Waals surface area contributed by atoms with Crippen LogP contribution in [0.2, 0.25) is 0 Å². The molecule has 0 aliphatic carbocycles. The van der Waals surface area contributed by atoms with Crippen LogP contribution in [0.4, 0.5) is 0 Å². The Balaban J connectivity index is 1.54. The zero-order chi connectivity index (χ0) is 20.8. The van der Waals surface area contributed by atoms with E-state index in [9.17, 15) is 0 Å². The van der Waals surface area contributed by atoms with Crippen LogP contribution in [0.25, 0.3) is 39.6 Å². The molecular formula is C25H20N4O. The number of benzene rings is 2. The molecule has 0 saturated carbocycles. The van der Waals surface area contributed by atoms with Crippen LogP contribution in [0.5, 0.6) is 0 Å². The highest BCUT2D eigenvalue weighted by Crippen LogP contribution is 2.27. The van der Waals surface area contributed by atoms with Crippen molar-refractivity contribution in [3.8, 4) is 34.0 Å². The van der Waals surface area contributed by atoms with Crippen LogP contribution >= 0.6 is 0 Å². The van der Waals surface area contributed by atoms with Crippen LogP contribution < -0.4 is 0 Å². The first-order chi connectivity index (χ1) is 14.8. The minimum Gasteiger partial charge on any atom is -0.416 e. The van der Waals surface area contributed by atoms with Crippen molar-refractivity contribution in [1.29, 1.82) is 0 Å². The summed E-state index contributed by atoms with van der Waals surface area (Å²) in [6.07, 6.45) is 9.18. The van der Waals surface area contributed by atoms with Crippen LogP contribution in [0.15, 0.2) is 101 Å². The molecule has 0 atom stereocenters. The van der Waals surface area contributed by atoms with E-state index in [0.717, 1.165) is 33.4 Å². The number of hydrogen-bond donors (Lipinski definition) is 0. The van der Waals surface area contributed by atoms with Crippen molar-refractivity contribution >= 4 is 12.3 Å². The molecule has 2 aromatic carbocycles. The minimum atomic E-state index is 0.486. The number of hydrogen-bond acceptors (Lipinski definition) is 5. The van der Waals surface area contributed by atoms with Crippen molar-refractivity contribution in [2.75, 3.05) is 0 Å². The van der Waals surface area contributed by atoms with E-state index in [1.54, 1.807) is 18.6 Å². The van der Waals surface area contributed by atoms with Gasteiger partial charge in [-0.1, -0.05) is 30.3 Å². The van der Waals surface area contributed by atoms with Gasteiger partial charge in [0.15, 0.2) is 0 Å². The van der Waals surface area contributed by atoms with Gasteiger partial charge in [-0.25, -0.2) is 0 Å². The largest absolute Gasteiger partial charge is 0.416 e. The van der Waals surface area contributed by atoms with Gasteiger partial charge in [-0.2, -0.15) is 0 Å². The molecule has 0 radical (unpaired) electrons. The number of aliphatic imine (C=N–C) groups is 1. The molecular weight excluding hydrogens is 372 g/mol. The highest BCUT2D eigenvalue weighted by molar-refractivity contribution is 5.75. The molecule has 0 aliphatic rings. The lowest BCUT2D eigenvalue weighted by molar-refractivity contribution is 0.584. The van der Waals surface area contributed by atoms with Crippen molar-refractivity contribution in [1.82, 2.24) is 15.2 Å². The molecule has 0 aliphatic heterocycles. The highest BCUT2D eigenvalue weighted by Gasteiger charge is 2.11. The first-order valence-corrected chi connectivity index (χ1v) is 9.52. The number of aromatic nitrogens is 3. The van der Waals surface area contributed by atoms with E-state index >= 15 is 0 Å². The SMILES string of the molecule is C=N/C=C\C(=C/C)c1ccc(-c2nnc(-c3ccc(-c4ccncc4)cc3)o2)cc1. The van der Waals surface area contributed by atoms with Gasteiger partial charge in [-0.3, -0.25) is 9.98 Å². The van der Waals surface area contributed by atoms with E-state index in [1.807, 2.05) is 79.7 Å². The van der Waals surface area contributed by atoms with Crippen LogP contribution in [0, 0.1) is 0 Å². The second kappa shape index (κ2) is 8.92. The van der Waals surface area contributed by atoms with E-state index in [-0.39, 0.29) is 0 Å². The standard InChI is InChI=1S/C25H20N4O/c1-3-18(12-15-26-2)19-4-8-22(9-5-19)24-28-29-25(30-24)23-10-6-20(7-11-23)21-13-16-27-17-14-21/h3-17H,2H2,1H3/b15-12-,18-3+. The van der Waals surface area contributed by atoms with E-state index in [2.05, 4.69) is 26.9 Å². The van der Waals surface area contributed by atoms with Gasteiger partial charge < -0.3 is 4.42 Å². The Bertz CT molecular complexity index is 1190.